The molecule has 0 N–H and O–H groups in total. The van der Waals surface area contributed by atoms with Gasteiger partial charge in [-0.3, -0.25) is 9.48 Å². The second kappa shape index (κ2) is 2.90. The van der Waals surface area contributed by atoms with Crippen molar-refractivity contribution in [2.45, 2.75) is 6.92 Å². The predicted octanol–water partition coefficient (Wildman–Crippen LogP) is 1.83. The summed E-state index contributed by atoms with van der Waals surface area (Å²) in [5, 5.41) is 4.57. The lowest BCUT2D eigenvalue weighted by Crippen LogP contribution is -1.91. The van der Waals surface area contributed by atoms with E-state index in [1.54, 1.807) is 24.7 Å². The number of nitrogens with zero attached hydrogens (tertiary/aromatic N) is 2. The average Bonchev–Trinajstić information content (AvgIpc) is 2.42. The summed E-state index contributed by atoms with van der Waals surface area (Å²) >= 11 is 0. The number of aryl methyl sites for hydroxylation is 2. The van der Waals surface area contributed by atoms with Crippen LogP contribution in [0.3, 0.4) is 0 Å². The van der Waals surface area contributed by atoms with E-state index in [-0.39, 0.29) is 0 Å². The van der Waals surface area contributed by atoms with Crippen LogP contribution in [0.5, 0.6) is 0 Å². The fourth-order valence-electron chi connectivity index (χ4n) is 1.62. The van der Waals surface area contributed by atoms with Crippen molar-refractivity contribution in [2.75, 3.05) is 0 Å². The van der Waals surface area contributed by atoms with E-state index in [1.807, 2.05) is 0 Å². The zero-order valence-electron chi connectivity index (χ0n) is 7.91. The van der Waals surface area contributed by atoms with Crippen LogP contribution in [-0.4, -0.2) is 16.1 Å². The quantitative estimate of drug-likeness (QED) is 0.646. The Labute approximate surface area is 80.1 Å². The van der Waals surface area contributed by atoms with Gasteiger partial charge in [0.1, 0.15) is 12.1 Å². The molecule has 72 valence electrons. The molecule has 2 aromatic rings. The molecule has 14 heavy (non-hydrogen) atoms. The molecule has 0 aliphatic heterocycles. The maximum absolute atomic E-state index is 13.5. The van der Waals surface area contributed by atoms with Crippen molar-refractivity contribution in [1.82, 2.24) is 9.78 Å². The number of carbonyl (C=O) groups is 1. The van der Waals surface area contributed by atoms with E-state index < -0.39 is 5.82 Å². The number of hydrogen-bond acceptors (Lipinski definition) is 2. The minimum absolute atomic E-state index is 0.331. The molecule has 0 aliphatic rings. The summed E-state index contributed by atoms with van der Waals surface area (Å²) in [6, 6.07) is 2.86. The Morgan fingerprint density at radius 3 is 2.86 bits per heavy atom. The Bertz CT molecular complexity index is 516. The van der Waals surface area contributed by atoms with Crippen LogP contribution in [0.15, 0.2) is 12.1 Å². The molecular weight excluding hydrogens is 183 g/mol. The van der Waals surface area contributed by atoms with Crippen LogP contribution in [0.1, 0.15) is 16.1 Å². The number of aldehydes is 1. The molecule has 1 heterocycles. The van der Waals surface area contributed by atoms with Crippen LogP contribution in [0.25, 0.3) is 10.9 Å². The first-order valence-corrected chi connectivity index (χ1v) is 4.21. The van der Waals surface area contributed by atoms with E-state index in [1.165, 1.54) is 6.07 Å². The normalized spacial score (nSPS) is 10.8. The first kappa shape index (κ1) is 8.87. The van der Waals surface area contributed by atoms with Crippen molar-refractivity contribution in [2.24, 2.45) is 7.05 Å². The van der Waals surface area contributed by atoms with Crippen molar-refractivity contribution in [3.8, 4) is 0 Å². The highest BCUT2D eigenvalue weighted by Gasteiger charge is 2.10. The van der Waals surface area contributed by atoms with Crippen LogP contribution in [0.4, 0.5) is 4.39 Å². The third-order valence-corrected chi connectivity index (χ3v) is 2.24. The van der Waals surface area contributed by atoms with Gasteiger partial charge in [-0.25, -0.2) is 4.39 Å². The highest BCUT2D eigenvalue weighted by atomic mass is 19.1. The van der Waals surface area contributed by atoms with Crippen LogP contribution in [0.2, 0.25) is 0 Å². The molecule has 0 aliphatic carbocycles. The van der Waals surface area contributed by atoms with Gasteiger partial charge in [-0.15, -0.1) is 0 Å². The standard InChI is InChI=1S/C10H9FN2O/c1-6-10-8(11)3-7(5-14)4-9(10)13(2)12-6/h3-5H,1-2H3. The van der Waals surface area contributed by atoms with Gasteiger partial charge in [0, 0.05) is 12.6 Å². The van der Waals surface area contributed by atoms with Gasteiger partial charge in [-0.2, -0.15) is 5.10 Å². The number of aromatic nitrogens is 2. The van der Waals surface area contributed by atoms with Crippen LogP contribution in [0, 0.1) is 12.7 Å². The summed E-state index contributed by atoms with van der Waals surface area (Å²) in [5.41, 5.74) is 1.61. The number of rotatable bonds is 1. The number of halogens is 1. The largest absolute Gasteiger partial charge is 0.298 e. The number of carbonyl (C=O) groups excluding carboxylic acids is 1. The van der Waals surface area contributed by atoms with Crippen molar-refractivity contribution in [3.63, 3.8) is 0 Å². The fourth-order valence-corrected chi connectivity index (χ4v) is 1.62. The molecule has 0 unspecified atom stereocenters. The van der Waals surface area contributed by atoms with Crippen LogP contribution in [-0.2, 0) is 7.05 Å². The van der Waals surface area contributed by atoms with Gasteiger partial charge >= 0.3 is 0 Å². The molecule has 1 aromatic carbocycles. The molecule has 0 radical (unpaired) electrons. The van der Waals surface area contributed by atoms with E-state index in [2.05, 4.69) is 5.10 Å². The van der Waals surface area contributed by atoms with Crippen LogP contribution < -0.4 is 0 Å². The van der Waals surface area contributed by atoms with Crippen LogP contribution >= 0.6 is 0 Å². The molecule has 3 nitrogen and oxygen atoms in total. The van der Waals surface area contributed by atoms with E-state index in [0.29, 0.717) is 28.4 Å². The maximum atomic E-state index is 13.5. The van der Waals surface area contributed by atoms with Gasteiger partial charge in [0.2, 0.25) is 0 Å². The summed E-state index contributed by atoms with van der Waals surface area (Å²) in [6.45, 7) is 1.74. The third-order valence-electron chi connectivity index (χ3n) is 2.24. The number of fused-ring (bicyclic) bond motifs is 1. The molecule has 2 rings (SSSR count). The average molecular weight is 192 g/mol. The summed E-state index contributed by atoms with van der Waals surface area (Å²) in [7, 11) is 1.73. The first-order valence-electron chi connectivity index (χ1n) is 4.21. The zero-order chi connectivity index (χ0) is 10.3. The monoisotopic (exact) mass is 192 g/mol. The minimum atomic E-state index is -0.393. The Morgan fingerprint density at radius 2 is 2.21 bits per heavy atom. The third kappa shape index (κ3) is 1.11. The van der Waals surface area contributed by atoms with E-state index in [9.17, 15) is 9.18 Å². The van der Waals surface area contributed by atoms with Gasteiger partial charge in [-0.1, -0.05) is 0 Å². The van der Waals surface area contributed by atoms with Gasteiger partial charge in [-0.05, 0) is 19.1 Å². The number of hydrogen-bond donors (Lipinski definition) is 0. The van der Waals surface area contributed by atoms with Crippen molar-refractivity contribution in [1.29, 1.82) is 0 Å². The van der Waals surface area contributed by atoms with Crippen molar-refractivity contribution in [3.05, 3.63) is 29.2 Å². The molecular formula is C10H9FN2O. The Kier molecular flexibility index (Phi) is 1.84. The molecule has 0 saturated carbocycles. The van der Waals surface area contributed by atoms with Gasteiger partial charge in [0.05, 0.1) is 16.6 Å². The minimum Gasteiger partial charge on any atom is -0.298 e. The van der Waals surface area contributed by atoms with Gasteiger partial charge in [0.15, 0.2) is 0 Å². The molecule has 1 aromatic heterocycles. The lowest BCUT2D eigenvalue weighted by molar-refractivity contribution is 0.112. The molecule has 4 heteroatoms. The molecule has 0 atom stereocenters. The first-order chi connectivity index (χ1) is 6.63. The fraction of sp³-hybridized carbons (Fsp3) is 0.200. The zero-order valence-corrected chi connectivity index (χ0v) is 7.91. The Hall–Kier alpha value is -1.71. The summed E-state index contributed by atoms with van der Waals surface area (Å²) in [5.74, 6) is -0.393. The van der Waals surface area contributed by atoms with E-state index in [0.717, 1.165) is 0 Å². The molecule has 0 fully saturated rings. The molecule has 0 amide bonds. The summed E-state index contributed by atoms with van der Waals surface area (Å²) < 4.78 is 15.1. The van der Waals surface area contributed by atoms with E-state index in [4.69, 9.17) is 0 Å². The Morgan fingerprint density at radius 1 is 1.50 bits per heavy atom. The lowest BCUT2D eigenvalue weighted by atomic mass is 10.1. The van der Waals surface area contributed by atoms with Crippen molar-refractivity contribution < 1.29 is 9.18 Å². The smallest absolute Gasteiger partial charge is 0.150 e. The SMILES string of the molecule is Cc1nn(C)c2cc(C=O)cc(F)c12. The topological polar surface area (TPSA) is 34.9 Å². The Balaban J connectivity index is 2.92. The van der Waals surface area contributed by atoms with E-state index >= 15 is 0 Å². The summed E-state index contributed by atoms with van der Waals surface area (Å²) in [4.78, 5) is 10.5. The highest BCUT2D eigenvalue weighted by Crippen LogP contribution is 2.21. The summed E-state index contributed by atoms with van der Waals surface area (Å²) in [6.07, 6.45) is 0.630. The lowest BCUT2D eigenvalue weighted by Gasteiger charge is -1.97. The second-order valence-electron chi connectivity index (χ2n) is 3.22. The van der Waals surface area contributed by atoms with Gasteiger partial charge < -0.3 is 0 Å². The number of benzene rings is 1. The maximum Gasteiger partial charge on any atom is 0.150 e. The second-order valence-corrected chi connectivity index (χ2v) is 3.22. The van der Waals surface area contributed by atoms with Gasteiger partial charge in [0.25, 0.3) is 0 Å². The highest BCUT2D eigenvalue weighted by molar-refractivity contribution is 5.88. The predicted molar refractivity (Wildman–Crippen MR) is 50.8 cm³/mol. The molecule has 0 bridgehead atoms. The molecule has 0 spiro atoms. The molecule has 0 saturated heterocycles. The van der Waals surface area contributed by atoms with Crippen molar-refractivity contribution >= 4 is 17.2 Å².